The standard InChI is InChI=1S/C14H20N2O/c1-14(2)7-6-10-12(15-8-17)9-4-3-5-11(9)16-13(10)14/h17H,3-8H2,1-2H3,(H,15,16). The van der Waals surface area contributed by atoms with E-state index in [0.717, 1.165) is 19.3 Å². The highest BCUT2D eigenvalue weighted by Crippen LogP contribution is 2.43. The van der Waals surface area contributed by atoms with E-state index in [2.05, 4.69) is 19.2 Å². The van der Waals surface area contributed by atoms with E-state index >= 15 is 0 Å². The molecule has 0 fully saturated rings. The second kappa shape index (κ2) is 3.70. The van der Waals surface area contributed by atoms with Crippen LogP contribution < -0.4 is 5.32 Å². The summed E-state index contributed by atoms with van der Waals surface area (Å²) in [6.07, 6.45) is 5.66. The van der Waals surface area contributed by atoms with Crippen LogP contribution in [0.15, 0.2) is 0 Å². The zero-order valence-corrected chi connectivity index (χ0v) is 10.6. The minimum atomic E-state index is 0.0172. The summed E-state index contributed by atoms with van der Waals surface area (Å²) in [6.45, 7) is 4.56. The summed E-state index contributed by atoms with van der Waals surface area (Å²) in [6, 6.07) is 0. The van der Waals surface area contributed by atoms with Gasteiger partial charge in [0.25, 0.3) is 0 Å². The molecule has 0 saturated heterocycles. The van der Waals surface area contributed by atoms with Crippen molar-refractivity contribution in [2.45, 2.75) is 51.4 Å². The monoisotopic (exact) mass is 232 g/mol. The fourth-order valence-corrected chi connectivity index (χ4v) is 3.27. The summed E-state index contributed by atoms with van der Waals surface area (Å²) >= 11 is 0. The van der Waals surface area contributed by atoms with Gasteiger partial charge in [-0.2, -0.15) is 0 Å². The Morgan fingerprint density at radius 3 is 2.82 bits per heavy atom. The molecule has 2 aliphatic carbocycles. The van der Waals surface area contributed by atoms with Crippen molar-refractivity contribution in [3.8, 4) is 0 Å². The summed E-state index contributed by atoms with van der Waals surface area (Å²) in [4.78, 5) is 4.91. The molecule has 2 N–H and O–H groups in total. The molecule has 0 atom stereocenters. The molecule has 0 bridgehead atoms. The number of anilines is 1. The SMILES string of the molecule is CC1(C)CCc2c1nc1c(c2NCO)CCC1. The van der Waals surface area contributed by atoms with Gasteiger partial charge in [0, 0.05) is 16.8 Å². The molecular formula is C14H20N2O. The molecule has 3 rings (SSSR count). The quantitative estimate of drug-likeness (QED) is 0.768. The van der Waals surface area contributed by atoms with Crippen LogP contribution in [0.2, 0.25) is 0 Å². The average molecular weight is 232 g/mol. The molecule has 2 aliphatic rings. The van der Waals surface area contributed by atoms with E-state index in [1.54, 1.807) is 0 Å². The summed E-state index contributed by atoms with van der Waals surface area (Å²) in [5.74, 6) is 0. The van der Waals surface area contributed by atoms with Crippen LogP contribution in [-0.4, -0.2) is 16.8 Å². The van der Waals surface area contributed by atoms with Gasteiger partial charge in [-0.15, -0.1) is 0 Å². The van der Waals surface area contributed by atoms with Crippen LogP contribution in [0.25, 0.3) is 0 Å². The van der Waals surface area contributed by atoms with Gasteiger partial charge in [0.15, 0.2) is 0 Å². The summed E-state index contributed by atoms with van der Waals surface area (Å²) in [5, 5.41) is 12.3. The third kappa shape index (κ3) is 1.56. The van der Waals surface area contributed by atoms with Gasteiger partial charge in [-0.3, -0.25) is 4.98 Å². The summed E-state index contributed by atoms with van der Waals surface area (Å²) in [5.41, 5.74) is 6.61. The van der Waals surface area contributed by atoms with E-state index < -0.39 is 0 Å². The number of hydrogen-bond acceptors (Lipinski definition) is 3. The zero-order chi connectivity index (χ0) is 12.0. The van der Waals surface area contributed by atoms with Crippen molar-refractivity contribution in [2.24, 2.45) is 0 Å². The van der Waals surface area contributed by atoms with E-state index in [0.29, 0.717) is 0 Å². The maximum Gasteiger partial charge on any atom is 0.113 e. The highest BCUT2D eigenvalue weighted by atomic mass is 16.3. The maximum atomic E-state index is 9.18. The Bertz CT molecular complexity index is 466. The van der Waals surface area contributed by atoms with Crippen molar-refractivity contribution in [3.63, 3.8) is 0 Å². The van der Waals surface area contributed by atoms with Crippen LogP contribution in [0.1, 0.15) is 49.2 Å². The fourth-order valence-electron chi connectivity index (χ4n) is 3.27. The molecule has 0 saturated carbocycles. The third-order valence-corrected chi connectivity index (χ3v) is 4.22. The molecule has 1 heterocycles. The Balaban J connectivity index is 2.20. The highest BCUT2D eigenvalue weighted by Gasteiger charge is 2.35. The van der Waals surface area contributed by atoms with Crippen molar-refractivity contribution < 1.29 is 5.11 Å². The van der Waals surface area contributed by atoms with Crippen LogP contribution >= 0.6 is 0 Å². The first-order chi connectivity index (χ1) is 8.13. The molecule has 0 aromatic carbocycles. The first-order valence-electron chi connectivity index (χ1n) is 6.53. The molecule has 1 aromatic rings. The number of fused-ring (bicyclic) bond motifs is 2. The minimum absolute atomic E-state index is 0.0172. The molecule has 0 spiro atoms. The first-order valence-corrected chi connectivity index (χ1v) is 6.53. The van der Waals surface area contributed by atoms with Crippen LogP contribution in [0.4, 0.5) is 5.69 Å². The number of nitrogens with one attached hydrogen (secondary N) is 1. The molecular weight excluding hydrogens is 212 g/mol. The Morgan fingerprint density at radius 2 is 2.06 bits per heavy atom. The summed E-state index contributed by atoms with van der Waals surface area (Å²) in [7, 11) is 0. The molecule has 1 aromatic heterocycles. The number of aromatic nitrogens is 1. The van der Waals surface area contributed by atoms with Crippen LogP contribution in [0, 0.1) is 0 Å². The second-order valence-electron chi connectivity index (χ2n) is 5.81. The normalized spacial score (nSPS) is 20.2. The van der Waals surface area contributed by atoms with Crippen LogP contribution in [0.3, 0.4) is 0 Å². The van der Waals surface area contributed by atoms with Gasteiger partial charge in [-0.25, -0.2) is 0 Å². The molecule has 0 aliphatic heterocycles. The fraction of sp³-hybridized carbons (Fsp3) is 0.643. The van der Waals surface area contributed by atoms with Gasteiger partial charge in [0.2, 0.25) is 0 Å². The van der Waals surface area contributed by atoms with Crippen molar-refractivity contribution in [1.29, 1.82) is 0 Å². The topological polar surface area (TPSA) is 45.2 Å². The van der Waals surface area contributed by atoms with Gasteiger partial charge in [-0.1, -0.05) is 13.8 Å². The molecule has 3 nitrogen and oxygen atoms in total. The number of aliphatic hydroxyl groups excluding tert-OH is 1. The Hall–Kier alpha value is -1.09. The van der Waals surface area contributed by atoms with E-state index in [1.165, 1.54) is 41.0 Å². The van der Waals surface area contributed by atoms with E-state index in [4.69, 9.17) is 4.98 Å². The smallest absolute Gasteiger partial charge is 0.113 e. The highest BCUT2D eigenvalue weighted by molar-refractivity contribution is 5.64. The van der Waals surface area contributed by atoms with Crippen LogP contribution in [0.5, 0.6) is 0 Å². The molecule has 92 valence electrons. The number of nitrogens with zero attached hydrogens (tertiary/aromatic N) is 1. The molecule has 0 unspecified atom stereocenters. The lowest BCUT2D eigenvalue weighted by molar-refractivity contribution is 0.325. The Morgan fingerprint density at radius 1 is 1.24 bits per heavy atom. The van der Waals surface area contributed by atoms with Gasteiger partial charge in [0.05, 0.1) is 5.69 Å². The van der Waals surface area contributed by atoms with Crippen molar-refractivity contribution >= 4 is 5.69 Å². The lowest BCUT2D eigenvalue weighted by Crippen LogP contribution is -2.16. The number of aryl methyl sites for hydroxylation is 1. The average Bonchev–Trinajstić information content (AvgIpc) is 2.85. The lowest BCUT2D eigenvalue weighted by Gasteiger charge is -2.20. The van der Waals surface area contributed by atoms with E-state index in [-0.39, 0.29) is 12.1 Å². The largest absolute Gasteiger partial charge is 0.377 e. The lowest BCUT2D eigenvalue weighted by atomic mass is 9.90. The number of rotatable bonds is 2. The van der Waals surface area contributed by atoms with Crippen LogP contribution in [-0.2, 0) is 24.7 Å². The van der Waals surface area contributed by atoms with Gasteiger partial charge in [-0.05, 0) is 43.2 Å². The summed E-state index contributed by atoms with van der Waals surface area (Å²) < 4.78 is 0. The van der Waals surface area contributed by atoms with Crippen molar-refractivity contribution in [1.82, 2.24) is 4.98 Å². The molecule has 0 radical (unpaired) electrons. The molecule has 0 amide bonds. The second-order valence-corrected chi connectivity index (χ2v) is 5.81. The zero-order valence-electron chi connectivity index (χ0n) is 10.6. The van der Waals surface area contributed by atoms with E-state index in [1.807, 2.05) is 0 Å². The minimum Gasteiger partial charge on any atom is -0.377 e. The molecule has 17 heavy (non-hydrogen) atoms. The van der Waals surface area contributed by atoms with Gasteiger partial charge < -0.3 is 10.4 Å². The maximum absolute atomic E-state index is 9.18. The number of pyridine rings is 1. The number of hydrogen-bond donors (Lipinski definition) is 2. The van der Waals surface area contributed by atoms with Gasteiger partial charge in [0.1, 0.15) is 6.73 Å². The predicted molar refractivity (Wildman–Crippen MR) is 68.3 cm³/mol. The molecule has 3 heteroatoms. The van der Waals surface area contributed by atoms with Crippen molar-refractivity contribution in [2.75, 3.05) is 12.0 Å². The van der Waals surface area contributed by atoms with Gasteiger partial charge >= 0.3 is 0 Å². The van der Waals surface area contributed by atoms with E-state index in [9.17, 15) is 5.11 Å². The Kier molecular flexibility index (Phi) is 2.40. The van der Waals surface area contributed by atoms with Crippen molar-refractivity contribution in [3.05, 3.63) is 22.5 Å². The third-order valence-electron chi connectivity index (χ3n) is 4.22. The number of aliphatic hydroxyl groups is 1. The first kappa shape index (κ1) is 11.0. The predicted octanol–water partition coefficient (Wildman–Crippen LogP) is 2.16. The Labute approximate surface area is 102 Å².